The van der Waals surface area contributed by atoms with E-state index >= 15 is 0 Å². The van der Waals surface area contributed by atoms with E-state index in [1.165, 1.54) is 19.1 Å². The third-order valence-electron chi connectivity index (χ3n) is 4.43. The number of amides is 1. The molecule has 4 N–H and O–H groups in total. The Bertz CT molecular complexity index is 895. The number of rotatable bonds is 4. The maximum atomic E-state index is 11.6. The quantitative estimate of drug-likeness (QED) is 0.518. The van der Waals surface area contributed by atoms with Gasteiger partial charge in [0, 0.05) is 24.4 Å². The zero-order chi connectivity index (χ0) is 19.7. The summed E-state index contributed by atoms with van der Waals surface area (Å²) in [6.07, 6.45) is -5.08. The molecule has 0 bridgehead atoms. The van der Waals surface area contributed by atoms with E-state index in [9.17, 15) is 24.9 Å². The lowest BCUT2D eigenvalue weighted by Gasteiger charge is -2.42. The average molecular weight is 379 g/mol. The molecule has 5 atom stereocenters. The number of ether oxygens (including phenoxy) is 2. The molecule has 1 aromatic heterocycles. The van der Waals surface area contributed by atoms with Crippen molar-refractivity contribution in [1.29, 1.82) is 0 Å². The van der Waals surface area contributed by atoms with Crippen LogP contribution in [0.5, 0.6) is 5.75 Å². The minimum absolute atomic E-state index is 0.261. The first-order valence-electron chi connectivity index (χ1n) is 8.41. The van der Waals surface area contributed by atoms with Crippen LogP contribution >= 0.6 is 0 Å². The van der Waals surface area contributed by atoms with Crippen molar-refractivity contribution in [3.05, 3.63) is 40.2 Å². The molecule has 9 heteroatoms. The predicted molar refractivity (Wildman–Crippen MR) is 93.2 cm³/mol. The molecule has 27 heavy (non-hydrogen) atoms. The van der Waals surface area contributed by atoms with Gasteiger partial charge in [-0.25, -0.2) is 4.79 Å². The van der Waals surface area contributed by atoms with Crippen molar-refractivity contribution in [2.45, 2.75) is 44.5 Å². The van der Waals surface area contributed by atoms with E-state index in [0.717, 1.165) is 10.9 Å². The number of aliphatic hydroxyl groups excluding tert-OH is 3. The summed E-state index contributed by atoms with van der Waals surface area (Å²) in [5, 5.41) is 32.9. The first kappa shape index (κ1) is 19.3. The van der Waals surface area contributed by atoms with Crippen LogP contribution in [0.15, 0.2) is 33.5 Å². The van der Waals surface area contributed by atoms with Crippen LogP contribution < -0.4 is 15.7 Å². The first-order chi connectivity index (χ1) is 12.8. The molecule has 2 heterocycles. The summed E-state index contributed by atoms with van der Waals surface area (Å²) in [6, 6.07) is 5.12. The van der Waals surface area contributed by atoms with Gasteiger partial charge in [0.1, 0.15) is 35.7 Å². The van der Waals surface area contributed by atoms with Crippen LogP contribution in [0.2, 0.25) is 0 Å². The Labute approximate surface area is 154 Å². The minimum atomic E-state index is -1.41. The summed E-state index contributed by atoms with van der Waals surface area (Å²) in [6.45, 7) is 2.48. The Kier molecular flexibility index (Phi) is 5.47. The molecule has 0 radical (unpaired) electrons. The van der Waals surface area contributed by atoms with Gasteiger partial charge in [-0.2, -0.15) is 0 Å². The zero-order valence-corrected chi connectivity index (χ0v) is 14.8. The highest BCUT2D eigenvalue weighted by Gasteiger charge is 2.46. The van der Waals surface area contributed by atoms with Crippen molar-refractivity contribution in [2.24, 2.45) is 0 Å². The summed E-state index contributed by atoms with van der Waals surface area (Å²) in [5.74, 6) is -0.192. The highest BCUT2D eigenvalue weighted by Crippen LogP contribution is 2.27. The zero-order valence-electron chi connectivity index (χ0n) is 14.8. The van der Waals surface area contributed by atoms with Crippen LogP contribution in [0, 0.1) is 6.92 Å². The number of nitrogens with one attached hydrogen (secondary N) is 1. The van der Waals surface area contributed by atoms with E-state index in [1.54, 1.807) is 19.1 Å². The van der Waals surface area contributed by atoms with E-state index in [4.69, 9.17) is 13.9 Å². The molecule has 1 aliphatic heterocycles. The van der Waals surface area contributed by atoms with Crippen LogP contribution in [0.25, 0.3) is 11.0 Å². The molecule has 9 nitrogen and oxygen atoms in total. The summed E-state index contributed by atoms with van der Waals surface area (Å²) >= 11 is 0. The average Bonchev–Trinajstić information content (AvgIpc) is 2.60. The van der Waals surface area contributed by atoms with Crippen molar-refractivity contribution in [3.8, 4) is 5.75 Å². The second-order valence-corrected chi connectivity index (χ2v) is 6.46. The van der Waals surface area contributed by atoms with Gasteiger partial charge in [0.2, 0.25) is 12.2 Å². The molecule has 146 valence electrons. The Morgan fingerprint density at radius 1 is 1.26 bits per heavy atom. The van der Waals surface area contributed by atoms with Crippen molar-refractivity contribution >= 4 is 16.9 Å². The summed E-state index contributed by atoms with van der Waals surface area (Å²) in [4.78, 5) is 23.0. The van der Waals surface area contributed by atoms with Crippen molar-refractivity contribution in [3.63, 3.8) is 0 Å². The Morgan fingerprint density at radius 2 is 2.00 bits per heavy atom. The van der Waals surface area contributed by atoms with Gasteiger partial charge in [-0.05, 0) is 24.6 Å². The van der Waals surface area contributed by atoms with Crippen LogP contribution in [-0.4, -0.2) is 58.5 Å². The fourth-order valence-electron chi connectivity index (χ4n) is 3.08. The molecule has 1 amide bonds. The van der Waals surface area contributed by atoms with Crippen molar-refractivity contribution in [2.75, 3.05) is 6.61 Å². The van der Waals surface area contributed by atoms with E-state index in [-0.39, 0.29) is 5.75 Å². The van der Waals surface area contributed by atoms with E-state index in [0.29, 0.717) is 5.58 Å². The number of carbonyl (C=O) groups excluding carboxylic acids is 1. The Hall–Kier alpha value is -2.46. The van der Waals surface area contributed by atoms with Crippen LogP contribution in [-0.2, 0) is 9.53 Å². The largest absolute Gasteiger partial charge is 0.462 e. The van der Waals surface area contributed by atoms with E-state index < -0.39 is 48.8 Å². The smallest absolute Gasteiger partial charge is 0.336 e. The monoisotopic (exact) mass is 379 g/mol. The second-order valence-electron chi connectivity index (χ2n) is 6.46. The molecular formula is C18H21NO8. The van der Waals surface area contributed by atoms with Gasteiger partial charge in [-0.1, -0.05) is 0 Å². The third-order valence-corrected chi connectivity index (χ3v) is 4.43. The molecule has 1 saturated heterocycles. The molecule has 0 aliphatic carbocycles. The van der Waals surface area contributed by atoms with Crippen molar-refractivity contribution in [1.82, 2.24) is 5.32 Å². The van der Waals surface area contributed by atoms with Crippen LogP contribution in [0.3, 0.4) is 0 Å². The maximum Gasteiger partial charge on any atom is 0.336 e. The normalized spacial score (nSPS) is 28.1. The van der Waals surface area contributed by atoms with Crippen LogP contribution in [0.1, 0.15) is 12.5 Å². The van der Waals surface area contributed by atoms with E-state index in [2.05, 4.69) is 5.32 Å². The molecule has 0 unspecified atom stereocenters. The number of carbonyl (C=O) groups is 1. The van der Waals surface area contributed by atoms with Gasteiger partial charge in [-0.3, -0.25) is 4.79 Å². The number of aliphatic hydroxyl groups is 3. The number of fused-ring (bicyclic) bond motifs is 1. The fraction of sp³-hybridized carbons (Fsp3) is 0.444. The highest BCUT2D eigenvalue weighted by molar-refractivity contribution is 5.81. The van der Waals surface area contributed by atoms with Gasteiger partial charge in [0.15, 0.2) is 0 Å². The lowest BCUT2D eigenvalue weighted by Crippen LogP contribution is -2.65. The highest BCUT2D eigenvalue weighted by atomic mass is 16.7. The van der Waals surface area contributed by atoms with E-state index in [1.807, 2.05) is 0 Å². The van der Waals surface area contributed by atoms with Gasteiger partial charge in [0.05, 0.1) is 6.61 Å². The second kappa shape index (κ2) is 7.65. The standard InChI is InChI=1S/C18H21NO8/c1-8-5-14(22)26-12-6-10(3-4-11(8)12)25-18-15(19-9(2)21)17(24)16(23)13(7-20)27-18/h3-6,13,15-18,20,23-24H,7H2,1-2H3,(H,19,21)/t13-,15+,16+,17+,18-/m1/s1. The molecule has 0 saturated carbocycles. The Morgan fingerprint density at radius 3 is 2.67 bits per heavy atom. The first-order valence-corrected chi connectivity index (χ1v) is 8.41. The predicted octanol–water partition coefficient (Wildman–Crippen LogP) is -0.576. The summed E-state index contributed by atoms with van der Waals surface area (Å²) in [5.41, 5.74) is 0.557. The van der Waals surface area contributed by atoms with Gasteiger partial charge in [0.25, 0.3) is 0 Å². The lowest BCUT2D eigenvalue weighted by molar-refractivity contribution is -0.244. The fourth-order valence-corrected chi connectivity index (χ4v) is 3.08. The maximum absolute atomic E-state index is 11.6. The molecule has 3 rings (SSSR count). The molecular weight excluding hydrogens is 358 g/mol. The molecule has 1 fully saturated rings. The number of hydrogen-bond donors (Lipinski definition) is 4. The molecule has 2 aromatic rings. The summed E-state index contributed by atoms with van der Waals surface area (Å²) < 4.78 is 16.4. The molecule has 1 aliphatic rings. The van der Waals surface area contributed by atoms with Gasteiger partial charge in [-0.15, -0.1) is 0 Å². The Balaban J connectivity index is 1.91. The SMILES string of the molecule is CC(=O)N[C@@H]1[C@H](Oc2ccc3c(C)cc(=O)oc3c2)O[C@H](CO)[C@H](O)[C@H]1O. The molecule has 1 aromatic carbocycles. The third kappa shape index (κ3) is 3.96. The van der Waals surface area contributed by atoms with Gasteiger partial charge >= 0.3 is 5.63 Å². The minimum Gasteiger partial charge on any atom is -0.462 e. The number of benzene rings is 1. The van der Waals surface area contributed by atoms with Gasteiger partial charge < -0.3 is 34.5 Å². The topological polar surface area (TPSA) is 138 Å². The molecule has 0 spiro atoms. The number of aryl methyl sites for hydroxylation is 1. The number of hydrogen-bond acceptors (Lipinski definition) is 8. The van der Waals surface area contributed by atoms with Crippen LogP contribution in [0.4, 0.5) is 0 Å². The summed E-state index contributed by atoms with van der Waals surface area (Å²) in [7, 11) is 0. The lowest BCUT2D eigenvalue weighted by atomic mass is 9.97. The van der Waals surface area contributed by atoms with Crippen molar-refractivity contribution < 1.29 is 34.0 Å².